The van der Waals surface area contributed by atoms with Crippen molar-refractivity contribution in [1.29, 1.82) is 0 Å². The first kappa shape index (κ1) is 15.5. The molecule has 2 heterocycles. The first-order valence-corrected chi connectivity index (χ1v) is 7.37. The third-order valence-electron chi connectivity index (χ3n) is 4.33. The molecule has 0 amide bonds. The number of ether oxygens (including phenoxy) is 1. The normalized spacial score (nSPS) is 29.2. The van der Waals surface area contributed by atoms with Crippen molar-refractivity contribution in [2.45, 2.75) is 45.4 Å². The average Bonchev–Trinajstić information content (AvgIpc) is 2.90. The van der Waals surface area contributed by atoms with Gasteiger partial charge in [0, 0.05) is 13.1 Å². The molecule has 0 saturated carbocycles. The largest absolute Gasteiger partial charge is 0.461 e. The molecular weight excluding hydrogens is 258 g/mol. The Bertz CT molecular complexity index is 383. The van der Waals surface area contributed by atoms with Crippen LogP contribution in [0.3, 0.4) is 0 Å². The van der Waals surface area contributed by atoms with E-state index < -0.39 is 12.0 Å². The molecule has 2 aliphatic rings. The molecule has 114 valence electrons. The maximum absolute atomic E-state index is 12.1. The summed E-state index contributed by atoms with van der Waals surface area (Å²) in [6.45, 7) is 7.34. The second-order valence-corrected chi connectivity index (χ2v) is 6.19. The van der Waals surface area contributed by atoms with Gasteiger partial charge in [-0.15, -0.1) is 0 Å². The van der Waals surface area contributed by atoms with Crippen LogP contribution in [0.5, 0.6) is 0 Å². The van der Waals surface area contributed by atoms with Crippen LogP contribution < -0.4 is 0 Å². The molecule has 1 fully saturated rings. The van der Waals surface area contributed by atoms with Crippen molar-refractivity contribution in [3.63, 3.8) is 0 Å². The Kier molecular flexibility index (Phi) is 4.83. The Morgan fingerprint density at radius 3 is 2.80 bits per heavy atom. The highest BCUT2D eigenvalue weighted by molar-refractivity contribution is 5.73. The zero-order valence-corrected chi connectivity index (χ0v) is 12.5. The SMILES string of the molecule is CC(C)C(C(=O)OCC1=CCN2CC[C@@H](O)[C@@H]12)[C@H](C)O. The van der Waals surface area contributed by atoms with Crippen molar-refractivity contribution in [3.8, 4) is 0 Å². The molecule has 2 aliphatic heterocycles. The second-order valence-electron chi connectivity index (χ2n) is 6.19. The third kappa shape index (κ3) is 3.05. The molecule has 0 bridgehead atoms. The zero-order chi connectivity index (χ0) is 14.9. The molecule has 0 spiro atoms. The van der Waals surface area contributed by atoms with Gasteiger partial charge in [0.2, 0.25) is 0 Å². The quantitative estimate of drug-likeness (QED) is 0.570. The minimum absolute atomic E-state index is 0.00634. The molecule has 0 aromatic heterocycles. The van der Waals surface area contributed by atoms with E-state index in [4.69, 9.17) is 4.74 Å². The van der Waals surface area contributed by atoms with Crippen molar-refractivity contribution < 1.29 is 19.7 Å². The topological polar surface area (TPSA) is 70.0 Å². The lowest BCUT2D eigenvalue weighted by Crippen LogP contribution is -2.35. The number of hydrogen-bond donors (Lipinski definition) is 2. The fourth-order valence-corrected chi connectivity index (χ4v) is 3.30. The highest BCUT2D eigenvalue weighted by Crippen LogP contribution is 2.29. The van der Waals surface area contributed by atoms with Gasteiger partial charge in [-0.05, 0) is 24.8 Å². The monoisotopic (exact) mass is 283 g/mol. The molecule has 0 aromatic carbocycles. The fourth-order valence-electron chi connectivity index (χ4n) is 3.30. The second kappa shape index (κ2) is 6.24. The summed E-state index contributed by atoms with van der Waals surface area (Å²) >= 11 is 0. The van der Waals surface area contributed by atoms with Gasteiger partial charge in [0.05, 0.1) is 24.2 Å². The summed E-state index contributed by atoms with van der Waals surface area (Å²) in [5, 5.41) is 19.6. The van der Waals surface area contributed by atoms with Crippen LogP contribution in [0.1, 0.15) is 27.2 Å². The van der Waals surface area contributed by atoms with Crippen molar-refractivity contribution in [2.75, 3.05) is 19.7 Å². The minimum Gasteiger partial charge on any atom is -0.461 e. The number of nitrogens with zero attached hydrogens (tertiary/aromatic N) is 1. The Morgan fingerprint density at radius 2 is 2.20 bits per heavy atom. The number of hydrogen-bond acceptors (Lipinski definition) is 5. The van der Waals surface area contributed by atoms with Gasteiger partial charge in [0.1, 0.15) is 6.61 Å². The first-order valence-electron chi connectivity index (χ1n) is 7.37. The summed E-state index contributed by atoms with van der Waals surface area (Å²) in [6, 6.07) is 0.00634. The molecule has 2 rings (SSSR count). The number of aliphatic hydroxyl groups is 2. The van der Waals surface area contributed by atoms with E-state index in [1.54, 1.807) is 6.92 Å². The molecule has 5 heteroatoms. The lowest BCUT2D eigenvalue weighted by molar-refractivity contribution is -0.153. The molecule has 0 aromatic rings. The Balaban J connectivity index is 1.90. The zero-order valence-electron chi connectivity index (χ0n) is 12.5. The summed E-state index contributed by atoms with van der Waals surface area (Å²) < 4.78 is 5.36. The van der Waals surface area contributed by atoms with Crippen molar-refractivity contribution >= 4 is 5.97 Å². The van der Waals surface area contributed by atoms with Gasteiger partial charge in [0.15, 0.2) is 0 Å². The van der Waals surface area contributed by atoms with Crippen LogP contribution in [-0.2, 0) is 9.53 Å². The summed E-state index contributed by atoms with van der Waals surface area (Å²) in [6.07, 6.45) is 1.74. The van der Waals surface area contributed by atoms with Gasteiger partial charge in [-0.1, -0.05) is 19.9 Å². The van der Waals surface area contributed by atoms with Crippen LogP contribution in [0.2, 0.25) is 0 Å². The highest BCUT2D eigenvalue weighted by atomic mass is 16.5. The van der Waals surface area contributed by atoms with E-state index in [0.717, 1.165) is 25.1 Å². The van der Waals surface area contributed by atoms with Crippen LogP contribution >= 0.6 is 0 Å². The first-order chi connectivity index (χ1) is 9.41. The minimum atomic E-state index is -0.714. The Labute approximate surface area is 120 Å². The molecule has 2 N–H and O–H groups in total. The lowest BCUT2D eigenvalue weighted by atomic mass is 9.91. The van der Waals surface area contributed by atoms with E-state index >= 15 is 0 Å². The molecule has 4 atom stereocenters. The van der Waals surface area contributed by atoms with Crippen LogP contribution in [-0.4, -0.2) is 59.0 Å². The summed E-state index contributed by atoms with van der Waals surface area (Å²) in [5.74, 6) is -0.822. The van der Waals surface area contributed by atoms with Crippen LogP contribution in [0.15, 0.2) is 11.6 Å². The third-order valence-corrected chi connectivity index (χ3v) is 4.33. The smallest absolute Gasteiger partial charge is 0.312 e. The van der Waals surface area contributed by atoms with E-state index in [-0.39, 0.29) is 30.6 Å². The lowest BCUT2D eigenvalue weighted by Gasteiger charge is -2.24. The van der Waals surface area contributed by atoms with Crippen LogP contribution in [0.4, 0.5) is 0 Å². The number of aliphatic hydroxyl groups excluding tert-OH is 2. The van der Waals surface area contributed by atoms with Crippen LogP contribution in [0, 0.1) is 11.8 Å². The van der Waals surface area contributed by atoms with Gasteiger partial charge in [-0.2, -0.15) is 0 Å². The summed E-state index contributed by atoms with van der Waals surface area (Å²) in [4.78, 5) is 14.3. The summed E-state index contributed by atoms with van der Waals surface area (Å²) in [7, 11) is 0. The molecule has 20 heavy (non-hydrogen) atoms. The standard InChI is InChI=1S/C15H25NO4/c1-9(2)13(10(3)17)15(19)20-8-11-4-6-16-7-5-12(18)14(11)16/h4,9-10,12-14,17-18H,5-8H2,1-3H3/t10-,12+,13?,14+/m0/s1. The van der Waals surface area contributed by atoms with Crippen molar-refractivity contribution in [2.24, 2.45) is 11.8 Å². The molecule has 5 nitrogen and oxygen atoms in total. The Hall–Kier alpha value is -0.910. The van der Waals surface area contributed by atoms with E-state index in [1.165, 1.54) is 0 Å². The van der Waals surface area contributed by atoms with Crippen LogP contribution in [0.25, 0.3) is 0 Å². The number of fused-ring (bicyclic) bond motifs is 1. The van der Waals surface area contributed by atoms with Gasteiger partial charge >= 0.3 is 5.97 Å². The highest BCUT2D eigenvalue weighted by Gasteiger charge is 2.39. The maximum Gasteiger partial charge on any atom is 0.312 e. The van der Waals surface area contributed by atoms with Crippen molar-refractivity contribution in [1.82, 2.24) is 4.90 Å². The van der Waals surface area contributed by atoms with E-state index in [1.807, 2.05) is 19.9 Å². The van der Waals surface area contributed by atoms with Crippen molar-refractivity contribution in [3.05, 3.63) is 11.6 Å². The number of carbonyl (C=O) groups excluding carboxylic acids is 1. The molecule has 0 aliphatic carbocycles. The number of carbonyl (C=O) groups is 1. The molecular formula is C15H25NO4. The predicted molar refractivity (Wildman–Crippen MR) is 75.0 cm³/mol. The fraction of sp³-hybridized carbons (Fsp3) is 0.800. The van der Waals surface area contributed by atoms with Gasteiger partial charge in [-0.3, -0.25) is 9.69 Å². The Morgan fingerprint density at radius 1 is 1.50 bits per heavy atom. The average molecular weight is 283 g/mol. The maximum atomic E-state index is 12.1. The predicted octanol–water partition coefficient (Wildman–Crippen LogP) is 0.558. The summed E-state index contributed by atoms with van der Waals surface area (Å²) in [5.41, 5.74) is 0.983. The van der Waals surface area contributed by atoms with E-state index in [2.05, 4.69) is 4.90 Å². The number of esters is 1. The van der Waals surface area contributed by atoms with Gasteiger partial charge in [-0.25, -0.2) is 0 Å². The van der Waals surface area contributed by atoms with E-state index in [0.29, 0.717) is 0 Å². The van der Waals surface area contributed by atoms with Gasteiger partial charge in [0.25, 0.3) is 0 Å². The molecule has 0 radical (unpaired) electrons. The van der Waals surface area contributed by atoms with E-state index in [9.17, 15) is 15.0 Å². The van der Waals surface area contributed by atoms with Gasteiger partial charge < -0.3 is 14.9 Å². The molecule has 1 saturated heterocycles. The molecule has 1 unspecified atom stereocenters. The number of rotatable bonds is 5.